The third-order valence-corrected chi connectivity index (χ3v) is 5.84. The lowest BCUT2D eigenvalue weighted by molar-refractivity contribution is 0.787. The van der Waals surface area contributed by atoms with Crippen molar-refractivity contribution in [3.63, 3.8) is 0 Å². The van der Waals surface area contributed by atoms with Gasteiger partial charge in [0.05, 0.1) is 0 Å². The van der Waals surface area contributed by atoms with Gasteiger partial charge in [0.2, 0.25) is 6.71 Å². The van der Waals surface area contributed by atoms with Crippen LogP contribution < -0.4 is 21.3 Å². The molecule has 0 unspecified atom stereocenters. The van der Waals surface area contributed by atoms with E-state index in [4.69, 9.17) is 0 Å². The number of nitrogens with zero attached hydrogens (tertiary/aromatic N) is 1. The van der Waals surface area contributed by atoms with Gasteiger partial charge >= 0.3 is 0 Å². The number of benzene rings is 3. The highest BCUT2D eigenvalue weighted by Gasteiger charge is 2.35. The Balaban J connectivity index is 1.97. The molecule has 1 aliphatic heterocycles. The number of unbranched alkanes of at least 4 members (excludes halogenated alkanes) is 1. The molecule has 3 aromatic rings. The molecule has 1 nitrogen and oxygen atoms in total. The van der Waals surface area contributed by atoms with Crippen LogP contribution in [0, 0.1) is 20.8 Å². The smallest absolute Gasteiger partial charge is 0.247 e. The van der Waals surface area contributed by atoms with E-state index in [1.54, 1.807) is 0 Å². The normalized spacial score (nSPS) is 12.7. The van der Waals surface area contributed by atoms with Gasteiger partial charge in [-0.3, -0.25) is 0 Å². The second-order valence-electron chi connectivity index (χ2n) is 7.87. The van der Waals surface area contributed by atoms with Gasteiger partial charge in [0.25, 0.3) is 0 Å². The van der Waals surface area contributed by atoms with E-state index in [1.807, 2.05) is 0 Å². The highest BCUT2D eigenvalue weighted by atomic mass is 15.1. The van der Waals surface area contributed by atoms with Crippen LogP contribution in [0.1, 0.15) is 36.5 Å². The van der Waals surface area contributed by atoms with Crippen LogP contribution in [0.3, 0.4) is 0 Å². The monoisotopic (exact) mass is 353 g/mol. The number of anilines is 2. The lowest BCUT2D eigenvalue weighted by atomic mass is 9.34. The molecule has 27 heavy (non-hydrogen) atoms. The minimum Gasteiger partial charge on any atom is -0.342 e. The minimum absolute atomic E-state index is 0.302. The van der Waals surface area contributed by atoms with Crippen LogP contribution in [-0.4, -0.2) is 13.3 Å². The lowest BCUT2D eigenvalue weighted by Crippen LogP contribution is -2.59. The van der Waals surface area contributed by atoms with Crippen LogP contribution in [0.25, 0.3) is 0 Å². The molecule has 0 atom stereocenters. The van der Waals surface area contributed by atoms with E-state index in [0.29, 0.717) is 6.71 Å². The molecule has 1 aliphatic rings. The summed E-state index contributed by atoms with van der Waals surface area (Å²) in [6.45, 7) is 10.4. The Bertz CT molecular complexity index is 905. The van der Waals surface area contributed by atoms with E-state index in [-0.39, 0.29) is 0 Å². The molecule has 2 heteroatoms. The summed E-state index contributed by atoms with van der Waals surface area (Å²) in [5, 5.41) is 0. The molecular formula is C25H28BN. The van der Waals surface area contributed by atoms with Crippen molar-refractivity contribution in [1.82, 2.24) is 0 Å². The maximum atomic E-state index is 2.53. The summed E-state index contributed by atoms with van der Waals surface area (Å²) < 4.78 is 0. The zero-order chi connectivity index (χ0) is 19.0. The van der Waals surface area contributed by atoms with E-state index in [1.165, 1.54) is 57.3 Å². The van der Waals surface area contributed by atoms with Gasteiger partial charge < -0.3 is 4.90 Å². The molecule has 0 N–H and O–H groups in total. The third-order valence-electron chi connectivity index (χ3n) is 5.84. The topological polar surface area (TPSA) is 3.24 Å². The first-order valence-corrected chi connectivity index (χ1v) is 10.1. The maximum absolute atomic E-state index is 2.53. The Kier molecular flexibility index (Phi) is 4.82. The second-order valence-corrected chi connectivity index (χ2v) is 7.87. The summed E-state index contributed by atoms with van der Waals surface area (Å²) in [4.78, 5) is 2.53. The molecule has 0 amide bonds. The van der Waals surface area contributed by atoms with E-state index >= 15 is 0 Å². The summed E-state index contributed by atoms with van der Waals surface area (Å²) in [6.07, 6.45) is 2.41. The highest BCUT2D eigenvalue weighted by Crippen LogP contribution is 2.28. The second kappa shape index (κ2) is 7.27. The molecule has 4 rings (SSSR count). The van der Waals surface area contributed by atoms with Gasteiger partial charge in [0, 0.05) is 17.9 Å². The predicted molar refractivity (Wildman–Crippen MR) is 120 cm³/mol. The fraction of sp³-hybridized carbons (Fsp3) is 0.280. The largest absolute Gasteiger partial charge is 0.342 e. The molecule has 0 spiro atoms. The van der Waals surface area contributed by atoms with Crippen molar-refractivity contribution in [3.8, 4) is 0 Å². The van der Waals surface area contributed by atoms with Crippen molar-refractivity contribution in [1.29, 1.82) is 0 Å². The van der Waals surface area contributed by atoms with Crippen molar-refractivity contribution in [3.05, 3.63) is 77.4 Å². The number of rotatable bonds is 4. The molecule has 0 aliphatic carbocycles. The molecule has 0 saturated carbocycles. The summed E-state index contributed by atoms with van der Waals surface area (Å²) in [6, 6.07) is 22.7. The third kappa shape index (κ3) is 3.08. The van der Waals surface area contributed by atoms with Crippen molar-refractivity contribution < 1.29 is 0 Å². The summed E-state index contributed by atoms with van der Waals surface area (Å²) in [5.41, 5.74) is 11.2. The first kappa shape index (κ1) is 17.9. The van der Waals surface area contributed by atoms with Gasteiger partial charge in [0.1, 0.15) is 0 Å². The standard InChI is InChI=1S/C25H28BN/c1-5-6-15-27-23-13-9-7-11-21(23)26(22-12-8-10-14-24(22)27)25-19(3)16-18(2)17-20(25)4/h7-14,16-17H,5-6,15H2,1-4H3. The fourth-order valence-electron chi connectivity index (χ4n) is 4.77. The van der Waals surface area contributed by atoms with E-state index in [0.717, 1.165) is 6.54 Å². The molecule has 0 aromatic heterocycles. The highest BCUT2D eigenvalue weighted by molar-refractivity contribution is 6.98. The number of fused-ring (bicyclic) bond motifs is 2. The number of para-hydroxylation sites is 2. The van der Waals surface area contributed by atoms with Gasteiger partial charge in [-0.25, -0.2) is 0 Å². The summed E-state index contributed by atoms with van der Waals surface area (Å²) >= 11 is 0. The van der Waals surface area contributed by atoms with Crippen LogP contribution >= 0.6 is 0 Å². The molecule has 0 bridgehead atoms. The van der Waals surface area contributed by atoms with Gasteiger partial charge in [-0.1, -0.05) is 84.0 Å². The first-order chi connectivity index (χ1) is 13.1. The van der Waals surface area contributed by atoms with Crippen LogP contribution in [0.5, 0.6) is 0 Å². The molecule has 0 fully saturated rings. The van der Waals surface area contributed by atoms with Crippen molar-refractivity contribution in [2.75, 3.05) is 11.4 Å². The quantitative estimate of drug-likeness (QED) is 0.629. The van der Waals surface area contributed by atoms with E-state index < -0.39 is 0 Å². The van der Waals surface area contributed by atoms with Gasteiger partial charge in [-0.15, -0.1) is 0 Å². The van der Waals surface area contributed by atoms with Crippen molar-refractivity contribution >= 4 is 34.5 Å². The average Bonchev–Trinajstić information content (AvgIpc) is 2.66. The molecule has 0 saturated heterocycles. The number of hydrogen-bond donors (Lipinski definition) is 0. The lowest BCUT2D eigenvalue weighted by Gasteiger charge is -2.37. The van der Waals surface area contributed by atoms with Crippen LogP contribution in [-0.2, 0) is 0 Å². The van der Waals surface area contributed by atoms with Gasteiger partial charge in [0.15, 0.2) is 0 Å². The average molecular weight is 353 g/mol. The number of hydrogen-bond acceptors (Lipinski definition) is 1. The Morgan fingerprint density at radius 3 is 1.81 bits per heavy atom. The Morgan fingerprint density at radius 2 is 1.30 bits per heavy atom. The number of aryl methyl sites for hydroxylation is 3. The molecule has 3 aromatic carbocycles. The molecule has 1 heterocycles. The zero-order valence-corrected chi connectivity index (χ0v) is 16.9. The molecular weight excluding hydrogens is 325 g/mol. The van der Waals surface area contributed by atoms with Crippen molar-refractivity contribution in [2.24, 2.45) is 0 Å². The fourth-order valence-corrected chi connectivity index (χ4v) is 4.77. The Labute approximate surface area is 164 Å². The molecule has 136 valence electrons. The predicted octanol–water partition coefficient (Wildman–Crippen LogP) is 4.38. The van der Waals surface area contributed by atoms with Crippen LogP contribution in [0.4, 0.5) is 11.4 Å². The van der Waals surface area contributed by atoms with E-state index in [2.05, 4.69) is 93.3 Å². The molecule has 0 radical (unpaired) electrons. The summed E-state index contributed by atoms with van der Waals surface area (Å²) in [5.74, 6) is 0. The Morgan fingerprint density at radius 1 is 0.778 bits per heavy atom. The zero-order valence-electron chi connectivity index (χ0n) is 16.9. The first-order valence-electron chi connectivity index (χ1n) is 10.1. The minimum atomic E-state index is 0.302. The van der Waals surface area contributed by atoms with Crippen LogP contribution in [0.15, 0.2) is 60.7 Å². The van der Waals surface area contributed by atoms with Gasteiger partial charge in [-0.05, 0) is 50.3 Å². The van der Waals surface area contributed by atoms with E-state index in [9.17, 15) is 0 Å². The maximum Gasteiger partial charge on any atom is 0.247 e. The van der Waals surface area contributed by atoms with Crippen molar-refractivity contribution in [2.45, 2.75) is 40.5 Å². The van der Waals surface area contributed by atoms with Gasteiger partial charge in [-0.2, -0.15) is 0 Å². The Hall–Kier alpha value is -2.48. The SMILES string of the molecule is CCCCN1c2ccccc2B(c2c(C)cc(C)cc2C)c2ccccc21. The summed E-state index contributed by atoms with van der Waals surface area (Å²) in [7, 11) is 0. The van der Waals surface area contributed by atoms with Crippen LogP contribution in [0.2, 0.25) is 0 Å².